The molecule has 0 fully saturated rings. The van der Waals surface area contributed by atoms with Crippen LogP contribution in [0.5, 0.6) is 0 Å². The number of nitrogens with one attached hydrogen (secondary N) is 1. The second-order valence-electron chi connectivity index (χ2n) is 5.04. The molecule has 0 bridgehead atoms. The summed E-state index contributed by atoms with van der Waals surface area (Å²) in [5.41, 5.74) is 1.56. The molecular weight excluding hydrogens is 295 g/mol. The van der Waals surface area contributed by atoms with Gasteiger partial charge in [0.25, 0.3) is 0 Å². The molecule has 0 aliphatic rings. The normalized spacial score (nSPS) is 10.5. The van der Waals surface area contributed by atoms with E-state index in [4.69, 9.17) is 0 Å². The number of methoxy groups -OCH3 is 1. The van der Waals surface area contributed by atoms with Crippen LogP contribution in [0.25, 0.3) is 10.9 Å². The van der Waals surface area contributed by atoms with Gasteiger partial charge in [0.2, 0.25) is 0 Å². The molecule has 0 unspecified atom stereocenters. The minimum absolute atomic E-state index is 0.224. The second kappa shape index (κ2) is 6.44. The number of esters is 1. The van der Waals surface area contributed by atoms with Crippen LogP contribution in [0.4, 0.5) is 10.2 Å². The summed E-state index contributed by atoms with van der Waals surface area (Å²) in [5.74, 6) is -0.229. The van der Waals surface area contributed by atoms with Gasteiger partial charge in [-0.15, -0.1) is 0 Å². The molecule has 0 amide bonds. The maximum absolute atomic E-state index is 13.9. The van der Waals surface area contributed by atoms with E-state index in [1.54, 1.807) is 0 Å². The van der Waals surface area contributed by atoms with Crippen molar-refractivity contribution in [1.82, 2.24) is 4.98 Å². The molecule has 0 aliphatic carbocycles. The lowest BCUT2D eigenvalue weighted by molar-refractivity contribution is 0.0600. The minimum atomic E-state index is -0.491. The summed E-state index contributed by atoms with van der Waals surface area (Å²) >= 11 is 0. The summed E-state index contributed by atoms with van der Waals surface area (Å²) < 4.78 is 18.5. The Bertz CT molecular complexity index is 865. The largest absolute Gasteiger partial charge is 0.465 e. The fourth-order valence-corrected chi connectivity index (χ4v) is 2.31. The number of halogens is 1. The highest BCUT2D eigenvalue weighted by Crippen LogP contribution is 2.17. The van der Waals surface area contributed by atoms with E-state index in [0.717, 1.165) is 10.9 Å². The van der Waals surface area contributed by atoms with Crippen LogP contribution in [0.15, 0.2) is 54.6 Å². The van der Waals surface area contributed by atoms with Crippen LogP contribution in [0, 0.1) is 5.82 Å². The summed E-state index contributed by atoms with van der Waals surface area (Å²) in [6.45, 7) is 0.224. The third-order valence-electron chi connectivity index (χ3n) is 3.53. The predicted octanol–water partition coefficient (Wildman–Crippen LogP) is 3.77. The zero-order chi connectivity index (χ0) is 16.2. The fourth-order valence-electron chi connectivity index (χ4n) is 2.31. The first-order valence-corrected chi connectivity index (χ1v) is 7.14. The van der Waals surface area contributed by atoms with E-state index in [1.807, 2.05) is 36.4 Å². The molecule has 5 heteroatoms. The number of rotatable bonds is 4. The second-order valence-corrected chi connectivity index (χ2v) is 5.04. The Kier molecular flexibility index (Phi) is 4.19. The highest BCUT2D eigenvalue weighted by atomic mass is 19.1. The van der Waals surface area contributed by atoms with E-state index in [1.165, 1.54) is 25.3 Å². The number of fused-ring (bicyclic) bond motifs is 1. The Morgan fingerprint density at radius 1 is 1.17 bits per heavy atom. The van der Waals surface area contributed by atoms with Gasteiger partial charge in [-0.3, -0.25) is 0 Å². The van der Waals surface area contributed by atoms with Crippen LogP contribution in [0.3, 0.4) is 0 Å². The molecule has 0 atom stereocenters. The maximum Gasteiger partial charge on any atom is 0.337 e. The van der Waals surface area contributed by atoms with Gasteiger partial charge in [-0.1, -0.05) is 18.2 Å². The van der Waals surface area contributed by atoms with Gasteiger partial charge in [0.1, 0.15) is 11.6 Å². The molecule has 1 N–H and O–H groups in total. The van der Waals surface area contributed by atoms with Gasteiger partial charge in [0.05, 0.1) is 18.2 Å². The lowest BCUT2D eigenvalue weighted by Gasteiger charge is -2.09. The molecule has 0 radical (unpaired) electrons. The Balaban J connectivity index is 1.80. The lowest BCUT2D eigenvalue weighted by Crippen LogP contribution is -2.07. The van der Waals surface area contributed by atoms with Crippen LogP contribution < -0.4 is 5.32 Å². The van der Waals surface area contributed by atoms with Crippen molar-refractivity contribution in [2.75, 3.05) is 12.4 Å². The average Bonchev–Trinajstić information content (AvgIpc) is 2.60. The van der Waals surface area contributed by atoms with Crippen molar-refractivity contribution in [1.29, 1.82) is 0 Å². The maximum atomic E-state index is 13.9. The third-order valence-corrected chi connectivity index (χ3v) is 3.53. The van der Waals surface area contributed by atoms with E-state index in [0.29, 0.717) is 16.9 Å². The number of pyridine rings is 1. The lowest BCUT2D eigenvalue weighted by atomic mass is 10.1. The van der Waals surface area contributed by atoms with Gasteiger partial charge in [0.15, 0.2) is 0 Å². The fraction of sp³-hybridized carbons (Fsp3) is 0.111. The number of aromatic nitrogens is 1. The summed E-state index contributed by atoms with van der Waals surface area (Å²) in [6, 6.07) is 15.7. The average molecular weight is 310 g/mol. The molecule has 23 heavy (non-hydrogen) atoms. The summed E-state index contributed by atoms with van der Waals surface area (Å²) in [4.78, 5) is 16.0. The summed E-state index contributed by atoms with van der Waals surface area (Å²) in [5, 5.41) is 4.11. The third kappa shape index (κ3) is 3.29. The zero-order valence-electron chi connectivity index (χ0n) is 12.5. The number of para-hydroxylation sites is 1. The van der Waals surface area contributed by atoms with Gasteiger partial charge in [-0.2, -0.15) is 0 Å². The molecule has 116 valence electrons. The minimum Gasteiger partial charge on any atom is -0.465 e. The van der Waals surface area contributed by atoms with Gasteiger partial charge in [-0.25, -0.2) is 14.2 Å². The van der Waals surface area contributed by atoms with Crippen molar-refractivity contribution in [3.63, 3.8) is 0 Å². The van der Waals surface area contributed by atoms with Crippen molar-refractivity contribution in [2.24, 2.45) is 0 Å². The predicted molar refractivity (Wildman–Crippen MR) is 86.8 cm³/mol. The first kappa shape index (κ1) is 15.0. The summed E-state index contributed by atoms with van der Waals surface area (Å²) in [7, 11) is 1.29. The molecule has 1 heterocycles. The van der Waals surface area contributed by atoms with Gasteiger partial charge in [0, 0.05) is 17.5 Å². The molecule has 0 aliphatic heterocycles. The molecular formula is C18H15FN2O2. The molecule has 0 saturated carbocycles. The number of carbonyl (C=O) groups excluding carboxylic acids is 1. The number of hydrogen-bond donors (Lipinski definition) is 1. The Labute approximate surface area is 132 Å². The molecule has 3 aromatic rings. The standard InChI is InChI=1S/C18H15FN2O2/c1-23-18(22)13-6-8-15(19)14(10-13)11-20-17-9-7-12-4-2-3-5-16(12)21-17/h2-10H,11H2,1H3,(H,20,21). The van der Waals surface area contributed by atoms with Crippen molar-refractivity contribution in [3.8, 4) is 0 Å². The van der Waals surface area contributed by atoms with E-state index in [-0.39, 0.29) is 12.4 Å². The van der Waals surface area contributed by atoms with Crippen molar-refractivity contribution >= 4 is 22.7 Å². The molecule has 1 aromatic heterocycles. The van der Waals surface area contributed by atoms with E-state index >= 15 is 0 Å². The smallest absolute Gasteiger partial charge is 0.337 e. The molecule has 3 rings (SSSR count). The highest BCUT2D eigenvalue weighted by Gasteiger charge is 2.10. The van der Waals surface area contributed by atoms with Crippen LogP contribution in [0.1, 0.15) is 15.9 Å². The SMILES string of the molecule is COC(=O)c1ccc(F)c(CNc2ccc3ccccc3n2)c1. The molecule has 0 saturated heterocycles. The van der Waals surface area contributed by atoms with Crippen LogP contribution >= 0.6 is 0 Å². The molecule has 4 nitrogen and oxygen atoms in total. The van der Waals surface area contributed by atoms with E-state index in [2.05, 4.69) is 15.0 Å². The van der Waals surface area contributed by atoms with Gasteiger partial charge in [-0.05, 0) is 36.4 Å². The zero-order valence-corrected chi connectivity index (χ0v) is 12.5. The number of anilines is 1. The Hall–Kier alpha value is -2.95. The topological polar surface area (TPSA) is 51.2 Å². The quantitative estimate of drug-likeness (QED) is 0.745. The Morgan fingerprint density at radius 3 is 2.83 bits per heavy atom. The highest BCUT2D eigenvalue weighted by molar-refractivity contribution is 5.89. The number of nitrogens with zero attached hydrogens (tertiary/aromatic N) is 1. The van der Waals surface area contributed by atoms with Crippen molar-refractivity contribution < 1.29 is 13.9 Å². The van der Waals surface area contributed by atoms with Crippen molar-refractivity contribution in [3.05, 3.63) is 71.5 Å². The van der Waals surface area contributed by atoms with Gasteiger partial charge < -0.3 is 10.1 Å². The first-order valence-electron chi connectivity index (χ1n) is 7.14. The van der Waals surface area contributed by atoms with Gasteiger partial charge >= 0.3 is 5.97 Å². The number of ether oxygens (including phenoxy) is 1. The van der Waals surface area contributed by atoms with Crippen LogP contribution in [0.2, 0.25) is 0 Å². The Morgan fingerprint density at radius 2 is 2.00 bits per heavy atom. The monoisotopic (exact) mass is 310 g/mol. The van der Waals surface area contributed by atoms with E-state index < -0.39 is 5.97 Å². The van der Waals surface area contributed by atoms with E-state index in [9.17, 15) is 9.18 Å². The summed E-state index contributed by atoms with van der Waals surface area (Å²) in [6.07, 6.45) is 0. The number of hydrogen-bond acceptors (Lipinski definition) is 4. The van der Waals surface area contributed by atoms with Crippen LogP contribution in [-0.2, 0) is 11.3 Å². The van der Waals surface area contributed by atoms with Crippen LogP contribution in [-0.4, -0.2) is 18.1 Å². The molecule has 2 aromatic carbocycles. The van der Waals surface area contributed by atoms with Crippen molar-refractivity contribution in [2.45, 2.75) is 6.54 Å². The number of benzene rings is 2. The number of carbonyl (C=O) groups is 1. The first-order chi connectivity index (χ1) is 11.2. The molecule has 0 spiro atoms.